The van der Waals surface area contributed by atoms with Crippen LogP contribution in [0.4, 0.5) is 0 Å². The van der Waals surface area contributed by atoms with Crippen LogP contribution in [0.3, 0.4) is 0 Å². The Bertz CT molecular complexity index is 541. The maximum Gasteiger partial charge on any atom is 0.149 e. The molecule has 0 spiro atoms. The normalized spacial score (nSPS) is 18.6. The van der Waals surface area contributed by atoms with Crippen molar-refractivity contribution >= 4 is 0 Å². The van der Waals surface area contributed by atoms with Gasteiger partial charge in [-0.25, -0.2) is 0 Å². The van der Waals surface area contributed by atoms with Crippen molar-refractivity contribution in [2.75, 3.05) is 6.61 Å². The van der Waals surface area contributed by atoms with Crippen molar-refractivity contribution in [3.05, 3.63) is 29.3 Å². The fraction of sp³-hybridized carbons (Fsp3) is 0.579. The molecule has 0 saturated carbocycles. The van der Waals surface area contributed by atoms with E-state index < -0.39 is 0 Å². The Hall–Kier alpha value is -1.42. The summed E-state index contributed by atoms with van der Waals surface area (Å²) >= 11 is 0. The van der Waals surface area contributed by atoms with Gasteiger partial charge < -0.3 is 4.74 Å². The van der Waals surface area contributed by atoms with Gasteiger partial charge in [0.2, 0.25) is 0 Å². The van der Waals surface area contributed by atoms with E-state index in [1.165, 1.54) is 24.0 Å². The maximum absolute atomic E-state index is 5.76. The molecule has 20 heavy (non-hydrogen) atoms. The zero-order valence-corrected chi connectivity index (χ0v) is 13.5. The Kier molecular flexibility index (Phi) is 4.14. The number of benzene rings is 1. The summed E-state index contributed by atoms with van der Waals surface area (Å²) in [6.45, 7) is 11.9. The SMILES string of the molecule is CCC#CCOc1ccc2c(c1)C(C)(C)CCC2(C)C. The van der Waals surface area contributed by atoms with Gasteiger partial charge in [-0.3, -0.25) is 0 Å². The monoisotopic (exact) mass is 270 g/mol. The van der Waals surface area contributed by atoms with Crippen molar-refractivity contribution in [3.63, 3.8) is 0 Å². The number of fused-ring (bicyclic) bond motifs is 1. The van der Waals surface area contributed by atoms with E-state index in [1.54, 1.807) is 0 Å². The van der Waals surface area contributed by atoms with Crippen molar-refractivity contribution in [1.82, 2.24) is 0 Å². The van der Waals surface area contributed by atoms with Crippen LogP contribution in [0.25, 0.3) is 0 Å². The highest BCUT2D eigenvalue weighted by Crippen LogP contribution is 2.46. The lowest BCUT2D eigenvalue weighted by atomic mass is 9.63. The van der Waals surface area contributed by atoms with Crippen LogP contribution in [0.5, 0.6) is 5.75 Å². The number of hydrogen-bond donors (Lipinski definition) is 0. The Morgan fingerprint density at radius 2 is 1.65 bits per heavy atom. The molecular formula is C19H26O. The van der Waals surface area contributed by atoms with E-state index >= 15 is 0 Å². The minimum absolute atomic E-state index is 0.235. The molecule has 0 aliphatic heterocycles. The number of hydrogen-bond acceptors (Lipinski definition) is 1. The van der Waals surface area contributed by atoms with E-state index in [4.69, 9.17) is 4.74 Å². The van der Waals surface area contributed by atoms with Crippen LogP contribution in [0.2, 0.25) is 0 Å². The molecule has 0 fully saturated rings. The number of ether oxygens (including phenoxy) is 1. The molecule has 1 aliphatic carbocycles. The molecule has 0 atom stereocenters. The molecule has 0 aromatic heterocycles. The fourth-order valence-electron chi connectivity index (χ4n) is 2.95. The second kappa shape index (κ2) is 5.52. The van der Waals surface area contributed by atoms with Crippen LogP contribution in [0, 0.1) is 11.8 Å². The van der Waals surface area contributed by atoms with Gasteiger partial charge in [0.1, 0.15) is 12.4 Å². The van der Waals surface area contributed by atoms with E-state index in [0.29, 0.717) is 6.61 Å². The molecule has 1 nitrogen and oxygen atoms in total. The van der Waals surface area contributed by atoms with Gasteiger partial charge in [-0.2, -0.15) is 0 Å². The van der Waals surface area contributed by atoms with Crippen molar-refractivity contribution < 1.29 is 4.74 Å². The van der Waals surface area contributed by atoms with E-state index in [2.05, 4.69) is 64.7 Å². The van der Waals surface area contributed by atoms with Gasteiger partial charge in [0.05, 0.1) is 0 Å². The molecule has 1 aromatic rings. The predicted molar refractivity (Wildman–Crippen MR) is 85.3 cm³/mol. The van der Waals surface area contributed by atoms with Crippen molar-refractivity contribution in [2.45, 2.75) is 64.7 Å². The first-order valence-electron chi connectivity index (χ1n) is 7.60. The molecule has 0 N–H and O–H groups in total. The first-order chi connectivity index (χ1) is 9.37. The largest absolute Gasteiger partial charge is 0.481 e. The molecule has 1 aliphatic rings. The minimum Gasteiger partial charge on any atom is -0.481 e. The van der Waals surface area contributed by atoms with Crippen molar-refractivity contribution in [3.8, 4) is 17.6 Å². The van der Waals surface area contributed by atoms with Crippen LogP contribution in [-0.2, 0) is 10.8 Å². The molecule has 2 rings (SSSR count). The third-order valence-corrected chi connectivity index (χ3v) is 4.44. The van der Waals surface area contributed by atoms with E-state index in [1.807, 2.05) is 0 Å². The van der Waals surface area contributed by atoms with Crippen LogP contribution in [-0.4, -0.2) is 6.61 Å². The minimum atomic E-state index is 0.235. The quantitative estimate of drug-likeness (QED) is 0.700. The summed E-state index contributed by atoms with van der Waals surface area (Å²) < 4.78 is 5.76. The summed E-state index contributed by atoms with van der Waals surface area (Å²) in [7, 11) is 0. The average molecular weight is 270 g/mol. The average Bonchev–Trinajstić information content (AvgIpc) is 2.40. The lowest BCUT2D eigenvalue weighted by molar-refractivity contribution is 0.325. The maximum atomic E-state index is 5.76. The van der Waals surface area contributed by atoms with Crippen LogP contribution < -0.4 is 4.74 Å². The molecule has 1 heteroatoms. The third kappa shape index (κ3) is 3.01. The zero-order valence-electron chi connectivity index (χ0n) is 13.5. The highest BCUT2D eigenvalue weighted by molar-refractivity contribution is 5.45. The second-order valence-electron chi connectivity index (χ2n) is 6.97. The predicted octanol–water partition coefficient (Wildman–Crippen LogP) is 4.83. The van der Waals surface area contributed by atoms with Gasteiger partial charge in [-0.15, -0.1) is 5.92 Å². The fourth-order valence-corrected chi connectivity index (χ4v) is 2.95. The smallest absolute Gasteiger partial charge is 0.149 e. The van der Waals surface area contributed by atoms with Gasteiger partial charge in [-0.1, -0.05) is 46.6 Å². The molecular weight excluding hydrogens is 244 g/mol. The highest BCUT2D eigenvalue weighted by Gasteiger charge is 2.37. The van der Waals surface area contributed by atoms with Gasteiger partial charge in [0.25, 0.3) is 0 Å². The zero-order chi connectivity index (χ0) is 14.8. The first-order valence-corrected chi connectivity index (χ1v) is 7.60. The third-order valence-electron chi connectivity index (χ3n) is 4.44. The molecule has 0 radical (unpaired) electrons. The molecule has 108 valence electrons. The number of rotatable bonds is 2. The van der Waals surface area contributed by atoms with Gasteiger partial charge in [-0.05, 0) is 46.9 Å². The van der Waals surface area contributed by atoms with Gasteiger partial charge in [0.15, 0.2) is 0 Å². The molecule has 0 saturated heterocycles. The lowest BCUT2D eigenvalue weighted by Crippen LogP contribution is -2.33. The highest BCUT2D eigenvalue weighted by atomic mass is 16.5. The Balaban J connectivity index is 2.29. The van der Waals surface area contributed by atoms with E-state index in [-0.39, 0.29) is 10.8 Å². The summed E-state index contributed by atoms with van der Waals surface area (Å²) in [5.74, 6) is 7.01. The Morgan fingerprint density at radius 3 is 2.30 bits per heavy atom. The first kappa shape index (κ1) is 15.0. The summed E-state index contributed by atoms with van der Waals surface area (Å²) in [6, 6.07) is 6.57. The van der Waals surface area contributed by atoms with E-state index in [9.17, 15) is 0 Å². The standard InChI is InChI=1S/C19H26O/c1-6-7-8-13-20-15-9-10-16-17(14-15)19(4,5)12-11-18(16,2)3/h9-10,14H,6,11-13H2,1-5H3. The van der Waals surface area contributed by atoms with Crippen LogP contribution >= 0.6 is 0 Å². The Labute approximate surface area is 123 Å². The topological polar surface area (TPSA) is 9.23 Å². The molecule has 0 heterocycles. The summed E-state index contributed by atoms with van der Waals surface area (Å²) in [4.78, 5) is 0. The van der Waals surface area contributed by atoms with Crippen LogP contribution in [0.15, 0.2) is 18.2 Å². The summed E-state index contributed by atoms with van der Waals surface area (Å²) in [6.07, 6.45) is 3.36. The molecule has 0 unspecified atom stereocenters. The molecule has 1 aromatic carbocycles. The van der Waals surface area contributed by atoms with Crippen LogP contribution in [0.1, 0.15) is 65.0 Å². The Morgan fingerprint density at radius 1 is 1.00 bits per heavy atom. The summed E-state index contributed by atoms with van der Waals surface area (Å²) in [5, 5.41) is 0. The lowest BCUT2D eigenvalue weighted by Gasteiger charge is -2.41. The van der Waals surface area contributed by atoms with Gasteiger partial charge >= 0.3 is 0 Å². The summed E-state index contributed by atoms with van der Waals surface area (Å²) in [5.41, 5.74) is 3.42. The van der Waals surface area contributed by atoms with Crippen molar-refractivity contribution in [1.29, 1.82) is 0 Å². The van der Waals surface area contributed by atoms with E-state index in [0.717, 1.165) is 12.2 Å². The molecule has 0 bridgehead atoms. The molecule has 0 amide bonds. The second-order valence-corrected chi connectivity index (χ2v) is 6.97. The van der Waals surface area contributed by atoms with Crippen molar-refractivity contribution in [2.24, 2.45) is 0 Å². The van der Waals surface area contributed by atoms with Gasteiger partial charge in [0, 0.05) is 6.42 Å².